The van der Waals surface area contributed by atoms with Crippen LogP contribution >= 0.6 is 0 Å². The fraction of sp³-hybridized carbons (Fsp3) is 0.188. The van der Waals surface area contributed by atoms with E-state index in [2.05, 4.69) is 10.3 Å². The maximum atomic E-state index is 12.8. The molecule has 1 heterocycles. The Balaban J connectivity index is 2.31. The largest absolute Gasteiger partial charge is 0.505 e. The fourth-order valence-corrected chi connectivity index (χ4v) is 1.99. The summed E-state index contributed by atoms with van der Waals surface area (Å²) >= 11 is 0. The van der Waals surface area contributed by atoms with Gasteiger partial charge in [-0.3, -0.25) is 9.59 Å². The standard InChI is InChI=1S/C16H13F3N2O4/c1-8(15(24)25)21-14(23)13-12(22)6-10(7-20-13)9-3-2-4-11(5-9)16(17,18)19/h2-8,22H,1H3,(H,21,23)(H,24,25). The first-order valence-corrected chi connectivity index (χ1v) is 7.00. The van der Waals surface area contributed by atoms with Gasteiger partial charge in [0.25, 0.3) is 5.91 Å². The molecule has 1 aromatic heterocycles. The van der Waals surface area contributed by atoms with Gasteiger partial charge in [0.05, 0.1) is 5.56 Å². The highest BCUT2D eigenvalue weighted by Crippen LogP contribution is 2.33. The minimum Gasteiger partial charge on any atom is -0.505 e. The molecular weight excluding hydrogens is 341 g/mol. The molecule has 3 N–H and O–H groups in total. The molecule has 2 aromatic rings. The van der Waals surface area contributed by atoms with Crippen molar-refractivity contribution in [1.82, 2.24) is 10.3 Å². The van der Waals surface area contributed by atoms with E-state index in [1.807, 2.05) is 0 Å². The average Bonchev–Trinajstić information content (AvgIpc) is 2.53. The Hall–Kier alpha value is -3.10. The van der Waals surface area contributed by atoms with Gasteiger partial charge >= 0.3 is 12.1 Å². The number of halogens is 3. The van der Waals surface area contributed by atoms with E-state index in [1.54, 1.807) is 0 Å². The first-order chi connectivity index (χ1) is 11.6. The minimum atomic E-state index is -4.52. The predicted octanol–water partition coefficient (Wildman–Crippen LogP) is 2.68. The highest BCUT2D eigenvalue weighted by atomic mass is 19.4. The van der Waals surface area contributed by atoms with Gasteiger partial charge in [0.1, 0.15) is 11.8 Å². The van der Waals surface area contributed by atoms with Crippen LogP contribution in [0.4, 0.5) is 13.2 Å². The Morgan fingerprint density at radius 1 is 1.20 bits per heavy atom. The van der Waals surface area contributed by atoms with Crippen molar-refractivity contribution in [1.29, 1.82) is 0 Å². The van der Waals surface area contributed by atoms with Gasteiger partial charge in [0.2, 0.25) is 0 Å². The molecule has 1 unspecified atom stereocenters. The molecule has 0 saturated carbocycles. The third-order valence-electron chi connectivity index (χ3n) is 3.32. The summed E-state index contributed by atoms with van der Waals surface area (Å²) in [6.45, 7) is 1.23. The smallest absolute Gasteiger partial charge is 0.416 e. The molecular formula is C16H13F3N2O4. The van der Waals surface area contributed by atoms with Crippen LogP contribution in [0.25, 0.3) is 11.1 Å². The number of carboxylic acid groups (broad SMARTS) is 1. The molecule has 0 bridgehead atoms. The van der Waals surface area contributed by atoms with Gasteiger partial charge in [-0.05, 0) is 30.7 Å². The number of carboxylic acids is 1. The van der Waals surface area contributed by atoms with Gasteiger partial charge in [-0.25, -0.2) is 4.98 Å². The number of rotatable bonds is 4. The lowest BCUT2D eigenvalue weighted by molar-refractivity contribution is -0.139. The minimum absolute atomic E-state index is 0.156. The van der Waals surface area contributed by atoms with E-state index < -0.39 is 41.1 Å². The maximum Gasteiger partial charge on any atom is 0.416 e. The highest BCUT2D eigenvalue weighted by Gasteiger charge is 2.30. The number of aromatic nitrogens is 1. The number of hydrogen-bond acceptors (Lipinski definition) is 4. The van der Waals surface area contributed by atoms with Crippen molar-refractivity contribution in [2.24, 2.45) is 0 Å². The Bertz CT molecular complexity index is 821. The van der Waals surface area contributed by atoms with Crippen LogP contribution in [0, 0.1) is 0 Å². The van der Waals surface area contributed by atoms with E-state index in [1.165, 1.54) is 19.1 Å². The second-order valence-corrected chi connectivity index (χ2v) is 5.20. The van der Waals surface area contributed by atoms with Gasteiger partial charge in [0.15, 0.2) is 5.69 Å². The van der Waals surface area contributed by atoms with Crippen molar-refractivity contribution in [2.45, 2.75) is 19.1 Å². The van der Waals surface area contributed by atoms with E-state index >= 15 is 0 Å². The summed E-state index contributed by atoms with van der Waals surface area (Å²) < 4.78 is 38.3. The van der Waals surface area contributed by atoms with Crippen LogP contribution in [-0.2, 0) is 11.0 Å². The van der Waals surface area contributed by atoms with Crippen molar-refractivity contribution in [2.75, 3.05) is 0 Å². The van der Waals surface area contributed by atoms with Gasteiger partial charge < -0.3 is 15.5 Å². The molecule has 0 fully saturated rings. The molecule has 0 aliphatic carbocycles. The van der Waals surface area contributed by atoms with E-state index in [-0.39, 0.29) is 11.1 Å². The van der Waals surface area contributed by atoms with Gasteiger partial charge in [0, 0.05) is 11.8 Å². The third kappa shape index (κ3) is 4.25. The molecule has 6 nitrogen and oxygen atoms in total. The van der Waals surface area contributed by atoms with Crippen molar-refractivity contribution < 1.29 is 33.0 Å². The molecule has 1 amide bonds. The number of nitrogens with one attached hydrogen (secondary N) is 1. The number of carbonyl (C=O) groups is 2. The lowest BCUT2D eigenvalue weighted by Crippen LogP contribution is -2.38. The number of amides is 1. The zero-order valence-corrected chi connectivity index (χ0v) is 12.8. The Morgan fingerprint density at radius 2 is 1.88 bits per heavy atom. The number of benzene rings is 1. The van der Waals surface area contributed by atoms with Crippen molar-refractivity contribution in [3.8, 4) is 16.9 Å². The van der Waals surface area contributed by atoms with E-state index in [0.717, 1.165) is 24.4 Å². The van der Waals surface area contributed by atoms with Gasteiger partial charge in [-0.1, -0.05) is 12.1 Å². The van der Waals surface area contributed by atoms with Crippen LogP contribution in [0.15, 0.2) is 36.5 Å². The van der Waals surface area contributed by atoms with Gasteiger partial charge in [-0.2, -0.15) is 13.2 Å². The second kappa shape index (κ2) is 6.80. The van der Waals surface area contributed by atoms with E-state index in [4.69, 9.17) is 5.11 Å². The van der Waals surface area contributed by atoms with Crippen LogP contribution < -0.4 is 5.32 Å². The molecule has 0 saturated heterocycles. The average molecular weight is 354 g/mol. The Kier molecular flexibility index (Phi) is 4.96. The number of aliphatic carboxylic acids is 1. The van der Waals surface area contributed by atoms with Gasteiger partial charge in [-0.15, -0.1) is 0 Å². The SMILES string of the molecule is CC(NC(=O)c1ncc(-c2cccc(C(F)(F)F)c2)cc1O)C(=O)O. The molecule has 1 atom stereocenters. The van der Waals surface area contributed by atoms with Crippen molar-refractivity contribution >= 4 is 11.9 Å². The van der Waals surface area contributed by atoms with Crippen LogP contribution in [-0.4, -0.2) is 33.1 Å². The topological polar surface area (TPSA) is 99.5 Å². The van der Waals surface area contributed by atoms with Crippen LogP contribution in [0.5, 0.6) is 5.75 Å². The monoisotopic (exact) mass is 354 g/mol. The van der Waals surface area contributed by atoms with Crippen molar-refractivity contribution in [3.63, 3.8) is 0 Å². The summed E-state index contributed by atoms with van der Waals surface area (Å²) in [6, 6.07) is 4.30. The Labute approximate surface area is 139 Å². The normalized spacial score (nSPS) is 12.5. The summed E-state index contributed by atoms with van der Waals surface area (Å²) in [5.41, 5.74) is -0.958. The van der Waals surface area contributed by atoms with Crippen LogP contribution in [0.2, 0.25) is 0 Å². The first-order valence-electron chi connectivity index (χ1n) is 7.00. The lowest BCUT2D eigenvalue weighted by Gasteiger charge is -2.11. The number of alkyl halides is 3. The lowest BCUT2D eigenvalue weighted by atomic mass is 10.0. The summed E-state index contributed by atoms with van der Waals surface area (Å²) in [7, 11) is 0. The molecule has 25 heavy (non-hydrogen) atoms. The number of carbonyl (C=O) groups excluding carboxylic acids is 1. The van der Waals surface area contributed by atoms with Crippen molar-refractivity contribution in [3.05, 3.63) is 47.8 Å². The Morgan fingerprint density at radius 3 is 2.44 bits per heavy atom. The molecule has 1 aromatic carbocycles. The molecule has 0 radical (unpaired) electrons. The molecule has 132 valence electrons. The summed E-state index contributed by atoms with van der Waals surface area (Å²) in [4.78, 5) is 26.3. The molecule has 0 aliphatic rings. The van der Waals surface area contributed by atoms with E-state index in [0.29, 0.717) is 0 Å². The number of aromatic hydroxyl groups is 1. The second-order valence-electron chi connectivity index (χ2n) is 5.20. The summed E-state index contributed by atoms with van der Waals surface area (Å²) in [5.74, 6) is -2.76. The van der Waals surface area contributed by atoms with Crippen LogP contribution in [0.1, 0.15) is 23.0 Å². The quantitative estimate of drug-likeness (QED) is 0.784. The third-order valence-corrected chi connectivity index (χ3v) is 3.32. The zero-order valence-electron chi connectivity index (χ0n) is 12.8. The summed E-state index contributed by atoms with van der Waals surface area (Å²) in [5, 5.41) is 20.8. The number of pyridine rings is 1. The molecule has 0 aliphatic heterocycles. The zero-order chi connectivity index (χ0) is 18.8. The maximum absolute atomic E-state index is 12.8. The molecule has 0 spiro atoms. The van der Waals surface area contributed by atoms with Crippen LogP contribution in [0.3, 0.4) is 0 Å². The molecule has 2 rings (SSSR count). The number of nitrogens with zero attached hydrogens (tertiary/aromatic N) is 1. The number of hydrogen-bond donors (Lipinski definition) is 3. The highest BCUT2D eigenvalue weighted by molar-refractivity contribution is 5.97. The first kappa shape index (κ1) is 18.2. The molecule has 9 heteroatoms. The predicted molar refractivity (Wildman–Crippen MR) is 80.9 cm³/mol. The van der Waals surface area contributed by atoms with E-state index in [9.17, 15) is 27.9 Å². The summed E-state index contributed by atoms with van der Waals surface area (Å²) in [6.07, 6.45) is -3.40. The fourth-order valence-electron chi connectivity index (χ4n) is 1.99.